The maximum absolute atomic E-state index is 6.01. The Labute approximate surface area is 78.9 Å². The Morgan fingerprint density at radius 2 is 2.31 bits per heavy atom. The lowest BCUT2D eigenvalue weighted by Gasteiger charge is -2.06. The Hall–Kier alpha value is -0.830. The second-order valence-electron chi connectivity index (χ2n) is 4.42. The maximum atomic E-state index is 6.01. The highest BCUT2D eigenvalue weighted by Crippen LogP contribution is 2.35. The van der Waals surface area contributed by atoms with Crippen molar-refractivity contribution in [2.45, 2.75) is 44.7 Å². The molecule has 0 aliphatic heterocycles. The molecule has 2 N–H and O–H groups in total. The summed E-state index contributed by atoms with van der Waals surface area (Å²) in [5, 5.41) is 4.47. The fraction of sp³-hybridized carbons (Fsp3) is 0.700. The minimum absolute atomic E-state index is 0.0795. The maximum Gasteiger partial charge on any atom is 0.0643 e. The summed E-state index contributed by atoms with van der Waals surface area (Å²) in [7, 11) is 0. The Bertz CT molecular complexity index is 297. The van der Waals surface area contributed by atoms with Crippen LogP contribution in [0.25, 0.3) is 0 Å². The summed E-state index contributed by atoms with van der Waals surface area (Å²) in [6, 6.07) is 2.52. The first kappa shape index (κ1) is 8.75. The van der Waals surface area contributed by atoms with E-state index >= 15 is 0 Å². The molecule has 2 rings (SSSR count). The Balaban J connectivity index is 2.05. The number of hydrogen-bond donors (Lipinski definition) is 1. The molecular weight excluding hydrogens is 162 g/mol. The van der Waals surface area contributed by atoms with E-state index in [0.29, 0.717) is 6.04 Å². The summed E-state index contributed by atoms with van der Waals surface area (Å²) >= 11 is 0. The molecule has 1 heterocycles. The molecule has 0 unspecified atom stereocenters. The van der Waals surface area contributed by atoms with Crippen molar-refractivity contribution in [2.24, 2.45) is 5.73 Å². The third-order valence-electron chi connectivity index (χ3n) is 2.62. The van der Waals surface area contributed by atoms with E-state index < -0.39 is 0 Å². The molecule has 3 heteroatoms. The molecule has 13 heavy (non-hydrogen) atoms. The predicted molar refractivity (Wildman–Crippen MR) is 52.5 cm³/mol. The van der Waals surface area contributed by atoms with Gasteiger partial charge >= 0.3 is 0 Å². The molecule has 1 fully saturated rings. The van der Waals surface area contributed by atoms with Crippen LogP contribution in [-0.4, -0.2) is 15.3 Å². The van der Waals surface area contributed by atoms with E-state index in [1.807, 2.05) is 10.9 Å². The first-order valence-electron chi connectivity index (χ1n) is 4.92. The SMILES string of the molecule is CC(C)n1ccc(CC2(N)CC2)n1. The van der Waals surface area contributed by atoms with Crippen LogP contribution in [-0.2, 0) is 6.42 Å². The molecule has 3 nitrogen and oxygen atoms in total. The molecule has 72 valence electrons. The average molecular weight is 179 g/mol. The van der Waals surface area contributed by atoms with Gasteiger partial charge in [-0.05, 0) is 32.8 Å². The topological polar surface area (TPSA) is 43.8 Å². The van der Waals surface area contributed by atoms with E-state index in [2.05, 4.69) is 25.0 Å². The highest BCUT2D eigenvalue weighted by Gasteiger charge is 2.38. The van der Waals surface area contributed by atoms with Crippen LogP contribution in [0.1, 0.15) is 38.4 Å². The smallest absolute Gasteiger partial charge is 0.0643 e. The fourth-order valence-corrected chi connectivity index (χ4v) is 1.46. The fourth-order valence-electron chi connectivity index (χ4n) is 1.46. The van der Waals surface area contributed by atoms with Crippen LogP contribution in [0.5, 0.6) is 0 Å². The van der Waals surface area contributed by atoms with Crippen LogP contribution < -0.4 is 5.73 Å². The Kier molecular flexibility index (Phi) is 1.91. The lowest BCUT2D eigenvalue weighted by molar-refractivity contribution is 0.520. The van der Waals surface area contributed by atoms with Gasteiger partial charge in [0, 0.05) is 24.2 Å². The van der Waals surface area contributed by atoms with Crippen molar-refractivity contribution in [3.63, 3.8) is 0 Å². The lowest BCUT2D eigenvalue weighted by Crippen LogP contribution is -2.24. The zero-order valence-corrected chi connectivity index (χ0v) is 8.33. The van der Waals surface area contributed by atoms with Gasteiger partial charge in [0.1, 0.15) is 0 Å². The van der Waals surface area contributed by atoms with Crippen LogP contribution >= 0.6 is 0 Å². The summed E-state index contributed by atoms with van der Waals surface area (Å²) < 4.78 is 1.99. The van der Waals surface area contributed by atoms with Gasteiger partial charge in [-0.1, -0.05) is 0 Å². The predicted octanol–water partition coefficient (Wildman–Crippen LogP) is 1.50. The van der Waals surface area contributed by atoms with Gasteiger partial charge in [0.2, 0.25) is 0 Å². The van der Waals surface area contributed by atoms with E-state index in [1.165, 1.54) is 0 Å². The minimum Gasteiger partial charge on any atom is -0.325 e. The lowest BCUT2D eigenvalue weighted by atomic mass is 10.1. The van der Waals surface area contributed by atoms with Gasteiger partial charge in [-0.2, -0.15) is 5.10 Å². The van der Waals surface area contributed by atoms with Crippen LogP contribution in [0.2, 0.25) is 0 Å². The molecule has 1 saturated carbocycles. The normalized spacial score (nSPS) is 19.4. The van der Waals surface area contributed by atoms with Crippen molar-refractivity contribution < 1.29 is 0 Å². The van der Waals surface area contributed by atoms with Crippen molar-refractivity contribution in [3.05, 3.63) is 18.0 Å². The van der Waals surface area contributed by atoms with Gasteiger partial charge < -0.3 is 5.73 Å². The number of rotatable bonds is 3. The number of hydrogen-bond acceptors (Lipinski definition) is 2. The molecule has 1 aromatic heterocycles. The summed E-state index contributed by atoms with van der Waals surface area (Å²) in [6.45, 7) is 4.26. The van der Waals surface area contributed by atoms with Gasteiger partial charge in [-0.25, -0.2) is 0 Å². The van der Waals surface area contributed by atoms with Crippen LogP contribution in [0.3, 0.4) is 0 Å². The third-order valence-corrected chi connectivity index (χ3v) is 2.62. The molecule has 0 amide bonds. The van der Waals surface area contributed by atoms with Gasteiger partial charge in [-0.3, -0.25) is 4.68 Å². The molecule has 0 bridgehead atoms. The van der Waals surface area contributed by atoms with Crippen LogP contribution in [0.4, 0.5) is 0 Å². The monoisotopic (exact) mass is 179 g/mol. The Morgan fingerprint density at radius 1 is 1.62 bits per heavy atom. The first-order valence-corrected chi connectivity index (χ1v) is 4.92. The van der Waals surface area contributed by atoms with E-state index in [1.54, 1.807) is 0 Å². The highest BCUT2D eigenvalue weighted by molar-refractivity contribution is 5.11. The molecule has 1 aromatic rings. The summed E-state index contributed by atoms with van der Waals surface area (Å²) in [4.78, 5) is 0. The molecule has 0 radical (unpaired) electrons. The third kappa shape index (κ3) is 1.91. The van der Waals surface area contributed by atoms with Gasteiger partial charge in [0.25, 0.3) is 0 Å². The quantitative estimate of drug-likeness (QED) is 0.764. The standard InChI is InChI=1S/C10H17N3/c1-8(2)13-6-3-9(12-13)7-10(11)4-5-10/h3,6,8H,4-5,7,11H2,1-2H3. The van der Waals surface area contributed by atoms with Crippen molar-refractivity contribution in [1.82, 2.24) is 9.78 Å². The van der Waals surface area contributed by atoms with Crippen molar-refractivity contribution >= 4 is 0 Å². The molecule has 1 aliphatic carbocycles. The number of nitrogens with zero attached hydrogens (tertiary/aromatic N) is 2. The largest absolute Gasteiger partial charge is 0.325 e. The summed E-state index contributed by atoms with van der Waals surface area (Å²) in [5.74, 6) is 0. The molecule has 1 aliphatic rings. The zero-order chi connectivity index (χ0) is 9.47. The molecule has 0 saturated heterocycles. The van der Waals surface area contributed by atoms with Crippen molar-refractivity contribution in [3.8, 4) is 0 Å². The molecule has 0 aromatic carbocycles. The van der Waals surface area contributed by atoms with Crippen LogP contribution in [0.15, 0.2) is 12.3 Å². The number of nitrogens with two attached hydrogens (primary N) is 1. The Morgan fingerprint density at radius 3 is 2.77 bits per heavy atom. The van der Waals surface area contributed by atoms with Gasteiger partial charge in [0.15, 0.2) is 0 Å². The zero-order valence-electron chi connectivity index (χ0n) is 8.33. The summed E-state index contributed by atoms with van der Waals surface area (Å²) in [6.07, 6.45) is 5.28. The van der Waals surface area contributed by atoms with Gasteiger partial charge in [-0.15, -0.1) is 0 Å². The second kappa shape index (κ2) is 2.84. The first-order chi connectivity index (χ1) is 6.09. The molecule has 0 spiro atoms. The molecular formula is C10H17N3. The highest BCUT2D eigenvalue weighted by atomic mass is 15.3. The van der Waals surface area contributed by atoms with E-state index in [-0.39, 0.29) is 5.54 Å². The summed E-state index contributed by atoms with van der Waals surface area (Å²) in [5.41, 5.74) is 7.23. The van der Waals surface area contributed by atoms with E-state index in [4.69, 9.17) is 5.73 Å². The second-order valence-corrected chi connectivity index (χ2v) is 4.42. The van der Waals surface area contributed by atoms with Crippen molar-refractivity contribution in [2.75, 3.05) is 0 Å². The average Bonchev–Trinajstić information content (AvgIpc) is 2.62. The minimum atomic E-state index is 0.0795. The van der Waals surface area contributed by atoms with E-state index in [9.17, 15) is 0 Å². The van der Waals surface area contributed by atoms with Crippen LogP contribution in [0, 0.1) is 0 Å². The number of aromatic nitrogens is 2. The van der Waals surface area contributed by atoms with Crippen molar-refractivity contribution in [1.29, 1.82) is 0 Å². The van der Waals surface area contributed by atoms with Gasteiger partial charge in [0.05, 0.1) is 5.69 Å². The van der Waals surface area contributed by atoms with E-state index in [0.717, 1.165) is 25.0 Å². The molecule has 0 atom stereocenters.